The maximum absolute atomic E-state index is 12.9. The third kappa shape index (κ3) is 3.11. The summed E-state index contributed by atoms with van der Waals surface area (Å²) in [5, 5.41) is 1.71. The van der Waals surface area contributed by atoms with Crippen molar-refractivity contribution in [3.63, 3.8) is 0 Å². The predicted molar refractivity (Wildman–Crippen MR) is 106 cm³/mol. The number of nitrogens with zero attached hydrogens (tertiary/aromatic N) is 2. The molecule has 0 radical (unpaired) electrons. The van der Waals surface area contributed by atoms with Crippen LogP contribution < -0.4 is 5.84 Å². The number of hydrogen-bond donors (Lipinski definition) is 1. The molecule has 0 spiro atoms. The van der Waals surface area contributed by atoms with Crippen molar-refractivity contribution in [3.05, 3.63) is 70.4 Å². The lowest BCUT2D eigenvalue weighted by Crippen LogP contribution is -2.29. The molecular formula is C21H22ClN3O. The molecule has 1 aliphatic rings. The molecule has 1 aliphatic heterocycles. The molecule has 134 valence electrons. The summed E-state index contributed by atoms with van der Waals surface area (Å²) in [6.45, 7) is 2.18. The second kappa shape index (κ2) is 6.78. The van der Waals surface area contributed by atoms with Gasteiger partial charge in [-0.15, -0.1) is 0 Å². The van der Waals surface area contributed by atoms with Crippen LogP contribution in [-0.2, 0) is 0 Å². The Morgan fingerprint density at radius 1 is 1.08 bits per heavy atom. The van der Waals surface area contributed by atoms with Crippen LogP contribution in [0, 0.1) is 0 Å². The van der Waals surface area contributed by atoms with Gasteiger partial charge in [0.15, 0.2) is 5.78 Å². The number of rotatable bonds is 3. The van der Waals surface area contributed by atoms with Crippen LogP contribution in [0.3, 0.4) is 0 Å². The zero-order chi connectivity index (χ0) is 18.3. The summed E-state index contributed by atoms with van der Waals surface area (Å²) in [6.07, 6.45) is 4.26. The van der Waals surface area contributed by atoms with E-state index in [4.69, 9.17) is 17.4 Å². The molecule has 26 heavy (non-hydrogen) atoms. The van der Waals surface area contributed by atoms with Crippen LogP contribution in [0.1, 0.15) is 40.2 Å². The van der Waals surface area contributed by atoms with Crippen molar-refractivity contribution in [2.45, 2.75) is 18.8 Å². The number of ketones is 1. The van der Waals surface area contributed by atoms with Gasteiger partial charge in [-0.1, -0.05) is 11.6 Å². The van der Waals surface area contributed by atoms with E-state index in [1.807, 2.05) is 24.4 Å². The number of likely N-dealkylation sites (tertiary alicyclic amines) is 1. The number of carbonyl (C=O) groups excluding carboxylic acids is 1. The number of nitrogen functional groups attached to an aromatic ring is 1. The maximum atomic E-state index is 12.9. The third-order valence-corrected chi connectivity index (χ3v) is 5.64. The zero-order valence-corrected chi connectivity index (χ0v) is 15.5. The van der Waals surface area contributed by atoms with Crippen molar-refractivity contribution in [1.82, 2.24) is 9.58 Å². The fourth-order valence-corrected chi connectivity index (χ4v) is 3.96. The minimum Gasteiger partial charge on any atom is -0.339 e. The molecule has 0 amide bonds. The van der Waals surface area contributed by atoms with Gasteiger partial charge in [0.2, 0.25) is 0 Å². The van der Waals surface area contributed by atoms with Crippen LogP contribution in [0.2, 0.25) is 5.02 Å². The second-order valence-corrected chi connectivity index (χ2v) is 7.57. The quantitative estimate of drug-likeness (QED) is 0.561. The molecule has 0 atom stereocenters. The third-order valence-electron chi connectivity index (χ3n) is 5.39. The molecule has 0 bridgehead atoms. The summed E-state index contributed by atoms with van der Waals surface area (Å²) < 4.78 is 1.68. The van der Waals surface area contributed by atoms with E-state index in [-0.39, 0.29) is 5.78 Å². The van der Waals surface area contributed by atoms with Crippen molar-refractivity contribution < 1.29 is 4.79 Å². The van der Waals surface area contributed by atoms with Crippen LogP contribution in [0.25, 0.3) is 10.9 Å². The molecule has 1 aromatic heterocycles. The van der Waals surface area contributed by atoms with Crippen molar-refractivity contribution in [3.8, 4) is 0 Å². The van der Waals surface area contributed by atoms with Crippen molar-refractivity contribution in [1.29, 1.82) is 0 Å². The fraction of sp³-hybridized carbons (Fsp3) is 0.286. The normalized spacial score (nSPS) is 16.2. The summed E-state index contributed by atoms with van der Waals surface area (Å²) in [7, 11) is 2.16. The Morgan fingerprint density at radius 3 is 2.42 bits per heavy atom. The van der Waals surface area contributed by atoms with E-state index in [1.165, 1.54) is 5.56 Å². The lowest BCUT2D eigenvalue weighted by atomic mass is 9.88. The lowest BCUT2D eigenvalue weighted by molar-refractivity contribution is 0.103. The first kappa shape index (κ1) is 17.1. The minimum atomic E-state index is 0.00247. The van der Waals surface area contributed by atoms with E-state index in [9.17, 15) is 4.79 Å². The van der Waals surface area contributed by atoms with Crippen molar-refractivity contribution >= 4 is 28.3 Å². The fourth-order valence-electron chi connectivity index (χ4n) is 3.84. The first-order chi connectivity index (χ1) is 12.5. The Balaban J connectivity index is 1.73. The summed E-state index contributed by atoms with van der Waals surface area (Å²) in [5.74, 6) is 6.66. The average Bonchev–Trinajstić information content (AvgIpc) is 2.98. The number of hydrogen-bond acceptors (Lipinski definition) is 3. The van der Waals surface area contributed by atoms with E-state index in [2.05, 4.69) is 11.9 Å². The van der Waals surface area contributed by atoms with E-state index < -0.39 is 0 Å². The smallest absolute Gasteiger partial charge is 0.193 e. The monoisotopic (exact) mass is 367 g/mol. The molecule has 2 heterocycles. The number of carbonyl (C=O) groups is 1. The number of nitrogens with two attached hydrogens (primary N) is 1. The standard InChI is InChI=1S/C21H22ClN3O/c1-24-10-8-14(9-11-24)19-13-25(23)20-7-4-16(12-18(19)20)21(26)15-2-5-17(22)6-3-15/h2-7,12-14H,8-11,23H2,1H3. The minimum absolute atomic E-state index is 0.00247. The average molecular weight is 368 g/mol. The van der Waals surface area contributed by atoms with Gasteiger partial charge in [0.05, 0.1) is 5.52 Å². The Labute approximate surface area is 158 Å². The number of halogens is 1. The topological polar surface area (TPSA) is 51.3 Å². The Bertz CT molecular complexity index is 953. The highest BCUT2D eigenvalue weighted by molar-refractivity contribution is 6.30. The number of aromatic nitrogens is 1. The Hall–Kier alpha value is -2.30. The van der Waals surface area contributed by atoms with Crippen molar-refractivity contribution in [2.75, 3.05) is 26.0 Å². The Kier molecular flexibility index (Phi) is 4.47. The number of piperidine rings is 1. The van der Waals surface area contributed by atoms with Gasteiger partial charge in [-0.2, -0.15) is 0 Å². The van der Waals surface area contributed by atoms with Gasteiger partial charge >= 0.3 is 0 Å². The first-order valence-electron chi connectivity index (χ1n) is 8.92. The summed E-state index contributed by atoms with van der Waals surface area (Å²) in [6, 6.07) is 12.8. The summed E-state index contributed by atoms with van der Waals surface area (Å²) >= 11 is 5.93. The molecule has 2 aromatic carbocycles. The van der Waals surface area contributed by atoms with Crippen LogP contribution in [0.5, 0.6) is 0 Å². The van der Waals surface area contributed by atoms with Crippen LogP contribution in [0.15, 0.2) is 48.7 Å². The van der Waals surface area contributed by atoms with Crippen LogP contribution in [-0.4, -0.2) is 35.5 Å². The molecule has 2 N–H and O–H groups in total. The Morgan fingerprint density at radius 2 is 1.73 bits per heavy atom. The molecule has 0 unspecified atom stereocenters. The second-order valence-electron chi connectivity index (χ2n) is 7.14. The van der Waals surface area contributed by atoms with Gasteiger partial charge < -0.3 is 10.7 Å². The van der Waals surface area contributed by atoms with E-state index in [1.54, 1.807) is 28.9 Å². The molecule has 1 saturated heterocycles. The molecule has 1 fully saturated rings. The molecule has 0 aliphatic carbocycles. The van der Waals surface area contributed by atoms with Crippen molar-refractivity contribution in [2.24, 2.45) is 0 Å². The van der Waals surface area contributed by atoms with Gasteiger partial charge in [0, 0.05) is 27.7 Å². The van der Waals surface area contributed by atoms with Gasteiger partial charge in [-0.05, 0) is 86.9 Å². The summed E-state index contributed by atoms with van der Waals surface area (Å²) in [5.41, 5.74) is 3.54. The highest BCUT2D eigenvalue weighted by Crippen LogP contribution is 2.34. The zero-order valence-electron chi connectivity index (χ0n) is 14.8. The van der Waals surface area contributed by atoms with E-state index in [0.717, 1.165) is 36.8 Å². The largest absolute Gasteiger partial charge is 0.339 e. The van der Waals surface area contributed by atoms with Gasteiger partial charge in [-0.3, -0.25) is 9.47 Å². The molecule has 4 nitrogen and oxygen atoms in total. The molecule has 3 aromatic rings. The highest BCUT2D eigenvalue weighted by atomic mass is 35.5. The van der Waals surface area contributed by atoms with Gasteiger partial charge in [-0.25, -0.2) is 0 Å². The molecular weight excluding hydrogens is 346 g/mol. The maximum Gasteiger partial charge on any atom is 0.193 e. The highest BCUT2D eigenvalue weighted by Gasteiger charge is 2.23. The molecule has 4 rings (SSSR count). The SMILES string of the molecule is CN1CCC(c2cn(N)c3ccc(C(=O)c4ccc(Cl)cc4)cc23)CC1. The van der Waals surface area contributed by atoms with Crippen LogP contribution in [0.4, 0.5) is 0 Å². The molecule has 5 heteroatoms. The van der Waals surface area contributed by atoms with Crippen LogP contribution >= 0.6 is 11.6 Å². The van der Waals surface area contributed by atoms with Gasteiger partial charge in [0.1, 0.15) is 0 Å². The number of benzene rings is 2. The van der Waals surface area contributed by atoms with E-state index >= 15 is 0 Å². The molecule has 0 saturated carbocycles. The lowest BCUT2D eigenvalue weighted by Gasteiger charge is -2.28. The number of fused-ring (bicyclic) bond motifs is 1. The first-order valence-corrected chi connectivity index (χ1v) is 9.29. The predicted octanol–water partition coefficient (Wildman–Crippen LogP) is 4.05. The van der Waals surface area contributed by atoms with E-state index in [0.29, 0.717) is 22.1 Å². The van der Waals surface area contributed by atoms with Gasteiger partial charge in [0.25, 0.3) is 0 Å². The summed E-state index contributed by atoms with van der Waals surface area (Å²) in [4.78, 5) is 15.2.